The standard InChI is InChI=1S/C17H26N2O/c20-17-8-4-7-15(11-17)18-16-9-10-19(13-16)12-14-5-2-1-3-6-14/h1-3,5-6,15-18,20H,4,7-13H2. The van der Waals surface area contributed by atoms with Crippen LogP contribution in [0.4, 0.5) is 0 Å². The van der Waals surface area contributed by atoms with Gasteiger partial charge in [0.15, 0.2) is 0 Å². The fraction of sp³-hybridized carbons (Fsp3) is 0.647. The molecule has 0 amide bonds. The molecule has 1 aromatic rings. The van der Waals surface area contributed by atoms with Gasteiger partial charge >= 0.3 is 0 Å². The fourth-order valence-corrected chi connectivity index (χ4v) is 3.60. The van der Waals surface area contributed by atoms with Crippen molar-refractivity contribution < 1.29 is 5.11 Å². The summed E-state index contributed by atoms with van der Waals surface area (Å²) in [6.07, 6.45) is 5.48. The van der Waals surface area contributed by atoms with Crippen molar-refractivity contribution in [1.82, 2.24) is 10.2 Å². The zero-order chi connectivity index (χ0) is 13.8. The van der Waals surface area contributed by atoms with Gasteiger partial charge in [0, 0.05) is 31.7 Å². The van der Waals surface area contributed by atoms with Gasteiger partial charge in [0.2, 0.25) is 0 Å². The molecule has 0 bridgehead atoms. The highest BCUT2D eigenvalue weighted by Crippen LogP contribution is 2.21. The van der Waals surface area contributed by atoms with Crippen LogP contribution >= 0.6 is 0 Å². The third kappa shape index (κ3) is 3.81. The topological polar surface area (TPSA) is 35.5 Å². The van der Waals surface area contributed by atoms with E-state index < -0.39 is 0 Å². The van der Waals surface area contributed by atoms with Gasteiger partial charge in [-0.1, -0.05) is 30.3 Å². The molecule has 0 radical (unpaired) electrons. The van der Waals surface area contributed by atoms with E-state index in [2.05, 4.69) is 40.5 Å². The molecular formula is C17H26N2O. The number of hydrogen-bond donors (Lipinski definition) is 2. The van der Waals surface area contributed by atoms with Crippen LogP contribution < -0.4 is 5.32 Å². The summed E-state index contributed by atoms with van der Waals surface area (Å²) in [5.41, 5.74) is 1.40. The molecule has 3 atom stereocenters. The van der Waals surface area contributed by atoms with Crippen LogP contribution in [0.25, 0.3) is 0 Å². The van der Waals surface area contributed by atoms with Crippen molar-refractivity contribution in [3.8, 4) is 0 Å². The Balaban J connectivity index is 1.45. The molecular weight excluding hydrogens is 248 g/mol. The minimum absolute atomic E-state index is 0.0805. The Labute approximate surface area is 122 Å². The molecule has 3 rings (SSSR count). The lowest BCUT2D eigenvalue weighted by molar-refractivity contribution is 0.108. The molecule has 1 saturated heterocycles. The lowest BCUT2D eigenvalue weighted by atomic mass is 9.92. The van der Waals surface area contributed by atoms with Crippen LogP contribution in [0, 0.1) is 0 Å². The summed E-state index contributed by atoms with van der Waals surface area (Å²) in [6, 6.07) is 11.9. The highest BCUT2D eigenvalue weighted by molar-refractivity contribution is 5.14. The Morgan fingerprint density at radius 1 is 1.10 bits per heavy atom. The predicted molar refractivity (Wildman–Crippen MR) is 81.5 cm³/mol. The summed E-state index contributed by atoms with van der Waals surface area (Å²) in [4.78, 5) is 2.53. The average Bonchev–Trinajstić information content (AvgIpc) is 2.87. The first kappa shape index (κ1) is 14.1. The van der Waals surface area contributed by atoms with E-state index in [1.54, 1.807) is 0 Å². The number of benzene rings is 1. The van der Waals surface area contributed by atoms with Crippen molar-refractivity contribution in [3.63, 3.8) is 0 Å². The molecule has 3 nitrogen and oxygen atoms in total. The second kappa shape index (κ2) is 6.70. The minimum Gasteiger partial charge on any atom is -0.393 e. The van der Waals surface area contributed by atoms with E-state index in [0.717, 1.165) is 25.9 Å². The largest absolute Gasteiger partial charge is 0.393 e. The summed E-state index contributed by atoms with van der Waals surface area (Å²) >= 11 is 0. The minimum atomic E-state index is -0.0805. The van der Waals surface area contributed by atoms with Crippen LogP contribution in [0.3, 0.4) is 0 Å². The highest BCUT2D eigenvalue weighted by atomic mass is 16.3. The quantitative estimate of drug-likeness (QED) is 0.883. The first-order valence-electron chi connectivity index (χ1n) is 8.00. The van der Waals surface area contributed by atoms with E-state index in [1.165, 1.54) is 31.4 Å². The number of likely N-dealkylation sites (tertiary alicyclic amines) is 1. The van der Waals surface area contributed by atoms with Crippen LogP contribution in [0.1, 0.15) is 37.7 Å². The van der Waals surface area contributed by atoms with Crippen molar-refractivity contribution in [1.29, 1.82) is 0 Å². The first-order chi connectivity index (χ1) is 9.79. The van der Waals surface area contributed by atoms with Crippen molar-refractivity contribution in [3.05, 3.63) is 35.9 Å². The second-order valence-electron chi connectivity index (χ2n) is 6.39. The van der Waals surface area contributed by atoms with Crippen molar-refractivity contribution in [2.45, 2.75) is 56.8 Å². The third-order valence-corrected chi connectivity index (χ3v) is 4.64. The molecule has 2 aliphatic rings. The van der Waals surface area contributed by atoms with E-state index in [1.807, 2.05) is 0 Å². The Morgan fingerprint density at radius 3 is 2.75 bits per heavy atom. The summed E-state index contributed by atoms with van der Waals surface area (Å²) in [5.74, 6) is 0. The maximum atomic E-state index is 9.75. The zero-order valence-corrected chi connectivity index (χ0v) is 12.2. The second-order valence-corrected chi connectivity index (χ2v) is 6.39. The van der Waals surface area contributed by atoms with Crippen LogP contribution in [-0.2, 0) is 6.54 Å². The maximum Gasteiger partial charge on any atom is 0.0555 e. The van der Waals surface area contributed by atoms with Crippen LogP contribution in [0.5, 0.6) is 0 Å². The van der Waals surface area contributed by atoms with E-state index in [0.29, 0.717) is 12.1 Å². The number of nitrogens with zero attached hydrogens (tertiary/aromatic N) is 1. The van der Waals surface area contributed by atoms with Crippen molar-refractivity contribution in [2.75, 3.05) is 13.1 Å². The summed E-state index contributed by atoms with van der Waals surface area (Å²) in [6.45, 7) is 3.38. The molecule has 0 spiro atoms. The fourth-order valence-electron chi connectivity index (χ4n) is 3.60. The Kier molecular flexibility index (Phi) is 4.71. The van der Waals surface area contributed by atoms with Gasteiger partial charge in [-0.15, -0.1) is 0 Å². The lowest BCUT2D eigenvalue weighted by Gasteiger charge is -2.29. The van der Waals surface area contributed by atoms with Crippen LogP contribution in [0.15, 0.2) is 30.3 Å². The van der Waals surface area contributed by atoms with Gasteiger partial charge < -0.3 is 10.4 Å². The molecule has 2 fully saturated rings. The Morgan fingerprint density at radius 2 is 1.95 bits per heavy atom. The van der Waals surface area contributed by atoms with Crippen LogP contribution in [0.2, 0.25) is 0 Å². The summed E-state index contributed by atoms with van der Waals surface area (Å²) in [7, 11) is 0. The molecule has 1 aliphatic heterocycles. The van der Waals surface area contributed by atoms with Crippen LogP contribution in [-0.4, -0.2) is 41.3 Å². The molecule has 3 unspecified atom stereocenters. The van der Waals surface area contributed by atoms with Gasteiger partial charge in [0.05, 0.1) is 6.10 Å². The number of nitrogens with one attached hydrogen (secondary N) is 1. The molecule has 1 aromatic carbocycles. The molecule has 1 heterocycles. The normalized spacial score (nSPS) is 31.6. The van der Waals surface area contributed by atoms with Gasteiger partial charge in [0.25, 0.3) is 0 Å². The first-order valence-corrected chi connectivity index (χ1v) is 8.00. The van der Waals surface area contributed by atoms with Crippen molar-refractivity contribution >= 4 is 0 Å². The van der Waals surface area contributed by atoms with Gasteiger partial charge in [-0.05, 0) is 37.7 Å². The smallest absolute Gasteiger partial charge is 0.0555 e. The molecule has 2 N–H and O–H groups in total. The van der Waals surface area contributed by atoms with Gasteiger partial charge in [-0.2, -0.15) is 0 Å². The van der Waals surface area contributed by atoms with Gasteiger partial charge in [-0.3, -0.25) is 4.90 Å². The molecule has 1 saturated carbocycles. The lowest BCUT2D eigenvalue weighted by Crippen LogP contribution is -2.43. The van der Waals surface area contributed by atoms with E-state index in [4.69, 9.17) is 0 Å². The number of hydrogen-bond acceptors (Lipinski definition) is 3. The predicted octanol–water partition coefficient (Wildman–Crippen LogP) is 2.15. The maximum absolute atomic E-state index is 9.75. The van der Waals surface area contributed by atoms with E-state index in [9.17, 15) is 5.11 Å². The van der Waals surface area contributed by atoms with Crippen molar-refractivity contribution in [2.24, 2.45) is 0 Å². The summed E-state index contributed by atoms with van der Waals surface area (Å²) < 4.78 is 0. The van der Waals surface area contributed by atoms with Gasteiger partial charge in [-0.25, -0.2) is 0 Å². The number of aliphatic hydroxyl groups is 1. The average molecular weight is 274 g/mol. The Hall–Kier alpha value is -0.900. The molecule has 1 aliphatic carbocycles. The van der Waals surface area contributed by atoms with E-state index in [-0.39, 0.29) is 6.10 Å². The molecule has 20 heavy (non-hydrogen) atoms. The van der Waals surface area contributed by atoms with E-state index >= 15 is 0 Å². The monoisotopic (exact) mass is 274 g/mol. The third-order valence-electron chi connectivity index (χ3n) is 4.64. The zero-order valence-electron chi connectivity index (χ0n) is 12.2. The molecule has 110 valence electrons. The molecule has 3 heteroatoms. The number of rotatable bonds is 4. The SMILES string of the molecule is OC1CCCC(NC2CCN(Cc3ccccc3)C2)C1. The van der Waals surface area contributed by atoms with Gasteiger partial charge in [0.1, 0.15) is 0 Å². The number of aliphatic hydroxyl groups excluding tert-OH is 1. The molecule has 0 aromatic heterocycles. The Bertz CT molecular complexity index is 409. The summed E-state index contributed by atoms with van der Waals surface area (Å²) in [5, 5.41) is 13.5. The highest BCUT2D eigenvalue weighted by Gasteiger charge is 2.27.